The molecule has 0 aliphatic rings. The van der Waals surface area contributed by atoms with Gasteiger partial charge >= 0.3 is 7.12 Å². The minimum atomic E-state index is -2.07. The molecule has 0 saturated carbocycles. The van der Waals surface area contributed by atoms with E-state index in [0.29, 0.717) is 25.1 Å². The maximum absolute atomic E-state index is 13.3. The molecule has 1 heterocycles. The molecular formula is C33H53BN10O8. The first kappa shape index (κ1) is 43.7. The number of hydrogen-bond donors (Lipinski definition) is 12. The van der Waals surface area contributed by atoms with Crippen molar-refractivity contribution in [1.29, 1.82) is 0 Å². The average molecular weight is 729 g/mol. The quantitative estimate of drug-likeness (QED) is 0.0324. The lowest BCUT2D eigenvalue weighted by Crippen LogP contribution is -2.63. The van der Waals surface area contributed by atoms with Crippen LogP contribution in [0.25, 0.3) is 11.3 Å². The van der Waals surface area contributed by atoms with Gasteiger partial charge in [-0.2, -0.15) is 0 Å². The molecule has 19 heteroatoms. The van der Waals surface area contributed by atoms with Crippen molar-refractivity contribution >= 4 is 36.7 Å². The van der Waals surface area contributed by atoms with Crippen molar-refractivity contribution in [2.24, 2.45) is 22.9 Å². The number of nitrogens with one attached hydrogen (secondary N) is 5. The maximum atomic E-state index is 13.3. The van der Waals surface area contributed by atoms with Crippen LogP contribution in [0.1, 0.15) is 68.3 Å². The van der Waals surface area contributed by atoms with Gasteiger partial charge in [-0.05, 0) is 76.2 Å². The lowest BCUT2D eigenvalue weighted by atomic mass is 9.86. The molecule has 16 N–H and O–H groups in total. The zero-order valence-electron chi connectivity index (χ0n) is 29.6. The highest BCUT2D eigenvalue weighted by Crippen LogP contribution is 2.19. The van der Waals surface area contributed by atoms with Crippen LogP contribution >= 0.6 is 0 Å². The third-order valence-corrected chi connectivity index (χ3v) is 8.02. The van der Waals surface area contributed by atoms with E-state index in [1.807, 2.05) is 24.3 Å². The molecule has 0 aliphatic carbocycles. The van der Waals surface area contributed by atoms with Gasteiger partial charge in [0.25, 0.3) is 11.8 Å². The molecule has 52 heavy (non-hydrogen) atoms. The van der Waals surface area contributed by atoms with Gasteiger partial charge in [-0.3, -0.25) is 29.0 Å². The van der Waals surface area contributed by atoms with Gasteiger partial charge in [0, 0.05) is 11.8 Å². The minimum Gasteiger partial charge on any atom is -0.425 e. The number of hydrogen-bond acceptors (Lipinski definition) is 13. The van der Waals surface area contributed by atoms with Crippen LogP contribution in [0.3, 0.4) is 0 Å². The van der Waals surface area contributed by atoms with Gasteiger partial charge in [0.1, 0.15) is 24.2 Å². The fourth-order valence-corrected chi connectivity index (χ4v) is 4.93. The molecule has 0 bridgehead atoms. The first-order valence-electron chi connectivity index (χ1n) is 17.3. The normalized spacial score (nSPS) is 14.5. The summed E-state index contributed by atoms with van der Waals surface area (Å²) in [6, 6.07) is 5.66. The number of pyridine rings is 1. The molecule has 1 aromatic carbocycles. The standard InChI is InChI=1S/C33H53BN10O8/c1-3-4-7-20-9-11-21(12-10-20)23-14-13-22(18-39-23)28(46)40-25(15-17-36)29(47)42-26(19(2)45)31(49)43-27(37)32(50)41-24(8-5-6-16-35)30(48)44-33(38)34(51)52/h9-14,18-19,24-27,33,45,51-52H,3-8,15-17,35-38H2,1-2H3,(H,40,46)(H,41,50)(H,42,47)(H,43,49)(H,44,48)/t19-,24+,25+,26+,27-,33-/m1/s1. The van der Waals surface area contributed by atoms with E-state index in [0.717, 1.165) is 24.8 Å². The van der Waals surface area contributed by atoms with Crippen LogP contribution < -0.4 is 49.5 Å². The number of aliphatic hydroxyl groups is 1. The molecule has 2 rings (SSSR count). The molecule has 5 amide bonds. The van der Waals surface area contributed by atoms with Gasteiger partial charge in [0.2, 0.25) is 17.7 Å². The Bertz CT molecular complexity index is 1450. The van der Waals surface area contributed by atoms with E-state index < -0.39 is 73.1 Å². The number of nitrogens with two attached hydrogens (primary N) is 4. The lowest BCUT2D eigenvalue weighted by Gasteiger charge is -2.26. The summed E-state index contributed by atoms with van der Waals surface area (Å²) in [5.41, 5.74) is 25.5. The van der Waals surface area contributed by atoms with Crippen LogP contribution in [0.4, 0.5) is 0 Å². The second-order valence-electron chi connectivity index (χ2n) is 12.3. The molecule has 0 spiro atoms. The number of carbonyl (C=O) groups excluding carboxylic acids is 5. The topological polar surface area (TPSA) is 323 Å². The Hall–Kier alpha value is -4.50. The number of nitrogens with zero attached hydrogens (tertiary/aromatic N) is 1. The van der Waals surface area contributed by atoms with Crippen LogP contribution in [0.2, 0.25) is 0 Å². The van der Waals surface area contributed by atoms with Crippen molar-refractivity contribution in [3.63, 3.8) is 0 Å². The van der Waals surface area contributed by atoms with E-state index in [-0.39, 0.29) is 24.9 Å². The van der Waals surface area contributed by atoms with E-state index in [1.54, 1.807) is 12.1 Å². The number of aliphatic hydroxyl groups excluding tert-OH is 1. The second kappa shape index (κ2) is 22.4. The highest BCUT2D eigenvalue weighted by Gasteiger charge is 2.33. The lowest BCUT2D eigenvalue weighted by molar-refractivity contribution is -0.135. The molecule has 2 aromatic rings. The van der Waals surface area contributed by atoms with Gasteiger partial charge < -0.3 is 64.7 Å². The average Bonchev–Trinajstić information content (AvgIpc) is 3.12. The first-order chi connectivity index (χ1) is 24.7. The molecule has 286 valence electrons. The van der Waals surface area contributed by atoms with Crippen LogP contribution in [-0.4, -0.2) is 106 Å². The van der Waals surface area contributed by atoms with Crippen LogP contribution in [-0.2, 0) is 25.6 Å². The van der Waals surface area contributed by atoms with Crippen LogP contribution in [0.5, 0.6) is 0 Å². The van der Waals surface area contributed by atoms with Crippen molar-refractivity contribution in [2.45, 2.75) is 95.3 Å². The molecule has 0 radical (unpaired) electrons. The first-order valence-corrected chi connectivity index (χ1v) is 17.3. The van der Waals surface area contributed by atoms with E-state index in [2.05, 4.69) is 38.5 Å². The van der Waals surface area contributed by atoms with E-state index >= 15 is 0 Å². The van der Waals surface area contributed by atoms with Crippen molar-refractivity contribution < 1.29 is 39.1 Å². The fourth-order valence-electron chi connectivity index (χ4n) is 4.93. The predicted octanol–water partition coefficient (Wildman–Crippen LogP) is -3.17. The molecular weight excluding hydrogens is 675 g/mol. The summed E-state index contributed by atoms with van der Waals surface area (Å²) in [5.74, 6) is -4.36. The van der Waals surface area contributed by atoms with Crippen molar-refractivity contribution in [1.82, 2.24) is 31.6 Å². The maximum Gasteiger partial charge on any atom is 0.490 e. The van der Waals surface area contributed by atoms with E-state index in [1.165, 1.54) is 18.7 Å². The largest absolute Gasteiger partial charge is 0.490 e. The molecule has 1 aromatic heterocycles. The molecule has 0 aliphatic heterocycles. The SMILES string of the molecule is CCCCc1ccc(-c2ccc(C(=O)N[C@@H](CCN)C(=O)N[C@H](C(=O)N[C@@H](N)C(=O)N[C@@H](CCCCN)C(=O)N[C@@H](N)B(O)O)[C@@H](C)O)cn2)cc1. The molecule has 6 atom stereocenters. The number of aromatic nitrogens is 1. The third-order valence-electron chi connectivity index (χ3n) is 8.02. The Morgan fingerprint density at radius 1 is 0.769 bits per heavy atom. The molecule has 0 unspecified atom stereocenters. The van der Waals surface area contributed by atoms with Crippen LogP contribution in [0.15, 0.2) is 42.6 Å². The summed E-state index contributed by atoms with van der Waals surface area (Å²) >= 11 is 0. The Labute approximate surface area is 303 Å². The number of unbranched alkanes of at least 4 members (excludes halogenated alkanes) is 2. The second-order valence-corrected chi connectivity index (χ2v) is 12.3. The number of aryl methyl sites for hydroxylation is 1. The summed E-state index contributed by atoms with van der Waals surface area (Å²) < 4.78 is 0. The molecule has 18 nitrogen and oxygen atoms in total. The van der Waals surface area contributed by atoms with Crippen molar-refractivity contribution in [3.8, 4) is 11.3 Å². The summed E-state index contributed by atoms with van der Waals surface area (Å²) in [6.07, 6.45) is 2.31. The van der Waals surface area contributed by atoms with Gasteiger partial charge in [-0.25, -0.2) is 0 Å². The van der Waals surface area contributed by atoms with Gasteiger partial charge in [0.15, 0.2) is 6.17 Å². The number of carbonyl (C=O) groups is 5. The van der Waals surface area contributed by atoms with Gasteiger partial charge in [-0.1, -0.05) is 37.6 Å². The van der Waals surface area contributed by atoms with Crippen molar-refractivity contribution in [2.75, 3.05) is 13.1 Å². The highest BCUT2D eigenvalue weighted by atomic mass is 16.4. The Morgan fingerprint density at radius 3 is 1.98 bits per heavy atom. The third kappa shape index (κ3) is 14.3. The summed E-state index contributed by atoms with van der Waals surface area (Å²) in [7, 11) is -2.07. The van der Waals surface area contributed by atoms with Crippen molar-refractivity contribution in [3.05, 3.63) is 53.7 Å². The smallest absolute Gasteiger partial charge is 0.425 e. The Morgan fingerprint density at radius 2 is 1.42 bits per heavy atom. The summed E-state index contributed by atoms with van der Waals surface area (Å²) in [5, 5.41) is 40.3. The Kier molecular flexibility index (Phi) is 18.8. The minimum absolute atomic E-state index is 0.0113. The highest BCUT2D eigenvalue weighted by molar-refractivity contribution is 6.43. The fraction of sp³-hybridized carbons (Fsp3) is 0.515. The van der Waals surface area contributed by atoms with E-state index in [9.17, 15) is 39.1 Å². The zero-order chi connectivity index (χ0) is 38.8. The molecule has 0 saturated heterocycles. The van der Waals surface area contributed by atoms with Crippen LogP contribution in [0, 0.1) is 0 Å². The Balaban J connectivity index is 2.06. The number of amides is 5. The number of rotatable bonds is 22. The predicted molar refractivity (Wildman–Crippen MR) is 194 cm³/mol. The monoisotopic (exact) mass is 728 g/mol. The zero-order valence-corrected chi connectivity index (χ0v) is 29.6. The number of benzene rings is 1. The van der Waals surface area contributed by atoms with Gasteiger partial charge in [-0.15, -0.1) is 0 Å². The van der Waals surface area contributed by atoms with Gasteiger partial charge in [0.05, 0.1) is 17.4 Å². The summed E-state index contributed by atoms with van der Waals surface area (Å²) in [4.78, 5) is 69.3. The molecule has 0 fully saturated rings. The van der Waals surface area contributed by atoms with E-state index in [4.69, 9.17) is 22.9 Å². The summed E-state index contributed by atoms with van der Waals surface area (Å²) in [6.45, 7) is 3.66.